The van der Waals surface area contributed by atoms with Crippen LogP contribution in [-0.2, 0) is 6.42 Å². The van der Waals surface area contributed by atoms with Crippen LogP contribution in [0.5, 0.6) is 0 Å². The predicted octanol–water partition coefficient (Wildman–Crippen LogP) is 2.57. The lowest BCUT2D eigenvalue weighted by Crippen LogP contribution is -2.41. The Bertz CT molecular complexity index is 303. The first-order valence-electron chi connectivity index (χ1n) is 5.97. The smallest absolute Gasteiger partial charge is 0.0947 e. The van der Waals surface area contributed by atoms with Gasteiger partial charge in [-0.3, -0.25) is 11.3 Å². The van der Waals surface area contributed by atoms with Crippen molar-refractivity contribution in [1.29, 1.82) is 0 Å². The van der Waals surface area contributed by atoms with Gasteiger partial charge in [0.05, 0.1) is 10.7 Å². The van der Waals surface area contributed by atoms with E-state index in [1.54, 1.807) is 11.3 Å². The summed E-state index contributed by atoms with van der Waals surface area (Å²) in [7, 11) is 0. The molecule has 0 aromatic carbocycles. The zero-order valence-corrected chi connectivity index (χ0v) is 11.5. The number of hydrogen-bond acceptors (Lipinski definition) is 4. The summed E-state index contributed by atoms with van der Waals surface area (Å²) in [5.74, 6) is 6.22. The van der Waals surface area contributed by atoms with Gasteiger partial charge in [0.2, 0.25) is 0 Å². The average Bonchev–Trinajstić information content (AvgIpc) is 2.55. The van der Waals surface area contributed by atoms with E-state index in [1.165, 1.54) is 22.7 Å². The van der Waals surface area contributed by atoms with Gasteiger partial charge >= 0.3 is 0 Å². The number of hydrazine groups is 1. The lowest BCUT2D eigenvalue weighted by atomic mass is 9.95. The van der Waals surface area contributed by atoms with E-state index in [4.69, 9.17) is 5.84 Å². The molecule has 1 aromatic rings. The van der Waals surface area contributed by atoms with Gasteiger partial charge < -0.3 is 0 Å². The molecular weight excluding hydrogens is 218 g/mol. The largest absolute Gasteiger partial charge is 0.271 e. The second-order valence-electron chi connectivity index (χ2n) is 4.49. The second kappa shape index (κ2) is 6.33. The lowest BCUT2D eigenvalue weighted by molar-refractivity contribution is 0.356. The topological polar surface area (TPSA) is 50.9 Å². The molecule has 0 bridgehead atoms. The van der Waals surface area contributed by atoms with Gasteiger partial charge in [0.1, 0.15) is 0 Å². The molecule has 0 aliphatic heterocycles. The van der Waals surface area contributed by atoms with Crippen LogP contribution in [0.1, 0.15) is 42.3 Å². The van der Waals surface area contributed by atoms with Crippen LogP contribution in [0.25, 0.3) is 0 Å². The minimum absolute atomic E-state index is 0.338. The van der Waals surface area contributed by atoms with Crippen LogP contribution in [0.3, 0.4) is 0 Å². The quantitative estimate of drug-likeness (QED) is 0.594. The maximum Gasteiger partial charge on any atom is 0.0947 e. The molecule has 0 saturated carbocycles. The van der Waals surface area contributed by atoms with Gasteiger partial charge in [0.15, 0.2) is 0 Å². The van der Waals surface area contributed by atoms with Gasteiger partial charge in [0.25, 0.3) is 0 Å². The Balaban J connectivity index is 2.62. The van der Waals surface area contributed by atoms with Gasteiger partial charge in [0, 0.05) is 17.3 Å². The Labute approximate surface area is 102 Å². The molecule has 16 heavy (non-hydrogen) atoms. The first-order chi connectivity index (χ1) is 7.58. The summed E-state index contributed by atoms with van der Waals surface area (Å²) < 4.78 is 0. The zero-order chi connectivity index (χ0) is 12.1. The van der Waals surface area contributed by atoms with Crippen LogP contribution >= 0.6 is 11.3 Å². The van der Waals surface area contributed by atoms with Crippen molar-refractivity contribution in [3.05, 3.63) is 15.6 Å². The van der Waals surface area contributed by atoms with Crippen molar-refractivity contribution < 1.29 is 0 Å². The van der Waals surface area contributed by atoms with Crippen molar-refractivity contribution in [2.45, 2.75) is 53.0 Å². The third kappa shape index (κ3) is 3.54. The number of nitrogens with zero attached hydrogens (tertiary/aromatic N) is 1. The highest BCUT2D eigenvalue weighted by Crippen LogP contribution is 2.21. The Morgan fingerprint density at radius 3 is 2.56 bits per heavy atom. The molecular formula is C12H23N3S. The molecule has 3 nitrogen and oxygen atoms in total. The van der Waals surface area contributed by atoms with Crippen LogP contribution in [0.15, 0.2) is 0 Å². The number of thiazole rings is 1. The summed E-state index contributed by atoms with van der Waals surface area (Å²) in [4.78, 5) is 5.88. The van der Waals surface area contributed by atoms with Crippen molar-refractivity contribution in [1.82, 2.24) is 10.4 Å². The Hall–Kier alpha value is -0.450. The Kier molecular flexibility index (Phi) is 5.38. The number of nitrogens with one attached hydrogen (secondary N) is 1. The van der Waals surface area contributed by atoms with E-state index in [0.717, 1.165) is 12.1 Å². The van der Waals surface area contributed by atoms with Crippen LogP contribution in [0.2, 0.25) is 0 Å². The van der Waals surface area contributed by atoms with Gasteiger partial charge in [-0.2, -0.15) is 0 Å². The molecule has 1 heterocycles. The van der Waals surface area contributed by atoms with Crippen molar-refractivity contribution in [2.75, 3.05) is 0 Å². The van der Waals surface area contributed by atoms with E-state index in [2.05, 4.69) is 38.1 Å². The van der Waals surface area contributed by atoms with E-state index in [0.29, 0.717) is 12.0 Å². The fourth-order valence-electron chi connectivity index (χ4n) is 1.90. The molecule has 0 aliphatic rings. The number of rotatable bonds is 6. The van der Waals surface area contributed by atoms with Crippen LogP contribution < -0.4 is 11.3 Å². The first kappa shape index (κ1) is 13.6. The Morgan fingerprint density at radius 2 is 2.12 bits per heavy atom. The molecule has 0 aliphatic carbocycles. The highest BCUT2D eigenvalue weighted by Gasteiger charge is 2.17. The molecule has 0 saturated heterocycles. The third-order valence-corrected chi connectivity index (χ3v) is 4.21. The van der Waals surface area contributed by atoms with Gasteiger partial charge in [-0.15, -0.1) is 11.3 Å². The molecule has 3 N–H and O–H groups in total. The molecule has 4 heteroatoms. The minimum Gasteiger partial charge on any atom is -0.271 e. The lowest BCUT2D eigenvalue weighted by Gasteiger charge is -2.21. The summed E-state index contributed by atoms with van der Waals surface area (Å²) >= 11 is 1.79. The van der Waals surface area contributed by atoms with E-state index in [9.17, 15) is 0 Å². The molecule has 1 aromatic heterocycles. The molecule has 2 atom stereocenters. The maximum absolute atomic E-state index is 5.62. The van der Waals surface area contributed by atoms with E-state index < -0.39 is 0 Å². The van der Waals surface area contributed by atoms with Crippen molar-refractivity contribution in [3.63, 3.8) is 0 Å². The summed E-state index contributed by atoms with van der Waals surface area (Å²) in [6.45, 7) is 8.65. The van der Waals surface area contributed by atoms with Gasteiger partial charge in [-0.25, -0.2) is 4.98 Å². The average molecular weight is 241 g/mol. The second-order valence-corrected chi connectivity index (χ2v) is 5.78. The maximum atomic E-state index is 5.62. The van der Waals surface area contributed by atoms with E-state index in [-0.39, 0.29) is 0 Å². The van der Waals surface area contributed by atoms with Crippen molar-refractivity contribution >= 4 is 11.3 Å². The third-order valence-electron chi connectivity index (χ3n) is 3.11. The monoisotopic (exact) mass is 241 g/mol. The SMILES string of the molecule is CCCC(C)C(Cc1nc(C)c(C)s1)NN. The minimum atomic E-state index is 0.338. The molecule has 0 fully saturated rings. The van der Waals surface area contributed by atoms with Gasteiger partial charge in [-0.1, -0.05) is 20.3 Å². The normalized spacial score (nSPS) is 15.1. The predicted molar refractivity (Wildman–Crippen MR) is 70.5 cm³/mol. The summed E-state index contributed by atoms with van der Waals surface area (Å²) in [5.41, 5.74) is 4.08. The number of hydrogen-bond donors (Lipinski definition) is 2. The number of aromatic nitrogens is 1. The standard InChI is InChI=1S/C12H23N3S/c1-5-6-8(2)11(15-13)7-12-14-9(3)10(4)16-12/h8,11,15H,5-7,13H2,1-4H3. The molecule has 2 unspecified atom stereocenters. The summed E-state index contributed by atoms with van der Waals surface area (Å²) in [6.07, 6.45) is 3.35. The van der Waals surface area contributed by atoms with Crippen molar-refractivity contribution in [2.24, 2.45) is 11.8 Å². The molecule has 0 spiro atoms. The van der Waals surface area contributed by atoms with Gasteiger partial charge in [-0.05, 0) is 26.2 Å². The first-order valence-corrected chi connectivity index (χ1v) is 6.79. The summed E-state index contributed by atoms with van der Waals surface area (Å²) in [5, 5.41) is 1.20. The zero-order valence-electron chi connectivity index (χ0n) is 10.7. The van der Waals surface area contributed by atoms with E-state index in [1.807, 2.05) is 0 Å². The van der Waals surface area contributed by atoms with Crippen LogP contribution in [0.4, 0.5) is 0 Å². The van der Waals surface area contributed by atoms with Crippen LogP contribution in [-0.4, -0.2) is 11.0 Å². The molecule has 1 rings (SSSR count). The van der Waals surface area contributed by atoms with Crippen LogP contribution in [0, 0.1) is 19.8 Å². The highest BCUT2D eigenvalue weighted by atomic mass is 32.1. The fraction of sp³-hybridized carbons (Fsp3) is 0.750. The number of nitrogens with two attached hydrogens (primary N) is 1. The highest BCUT2D eigenvalue weighted by molar-refractivity contribution is 7.11. The fourth-order valence-corrected chi connectivity index (χ4v) is 2.89. The Morgan fingerprint density at radius 1 is 1.44 bits per heavy atom. The van der Waals surface area contributed by atoms with Crippen molar-refractivity contribution in [3.8, 4) is 0 Å². The van der Waals surface area contributed by atoms with E-state index >= 15 is 0 Å². The molecule has 0 radical (unpaired) electrons. The molecule has 92 valence electrons. The number of aryl methyl sites for hydroxylation is 2. The summed E-state index contributed by atoms with van der Waals surface area (Å²) in [6, 6.07) is 0.338. The molecule has 0 amide bonds.